The first-order valence-corrected chi connectivity index (χ1v) is 8.68. The van der Waals surface area contributed by atoms with Gasteiger partial charge in [0.2, 0.25) is 0 Å². The van der Waals surface area contributed by atoms with Crippen molar-refractivity contribution in [2.24, 2.45) is 0 Å². The molecule has 0 aliphatic rings. The Morgan fingerprint density at radius 3 is 2.43 bits per heavy atom. The Morgan fingerprint density at radius 1 is 1.14 bits per heavy atom. The second-order valence-corrected chi connectivity index (χ2v) is 5.98. The predicted molar refractivity (Wildman–Crippen MR) is 109 cm³/mol. The van der Waals surface area contributed by atoms with E-state index >= 15 is 0 Å². The number of hydrogen-bond donors (Lipinski definition) is 2. The molecule has 1 amide bonds. The summed E-state index contributed by atoms with van der Waals surface area (Å²) in [5.41, 5.74) is 2.14. The summed E-state index contributed by atoms with van der Waals surface area (Å²) < 4.78 is 4.98. The van der Waals surface area contributed by atoms with Crippen LogP contribution >= 0.6 is 0 Å². The van der Waals surface area contributed by atoms with E-state index in [9.17, 15) is 14.9 Å². The molecular formula is C21H22N4O3. The fourth-order valence-corrected chi connectivity index (χ4v) is 2.33. The van der Waals surface area contributed by atoms with Crippen LogP contribution in [0.25, 0.3) is 0 Å². The van der Waals surface area contributed by atoms with Gasteiger partial charge in [0.05, 0.1) is 17.9 Å². The molecule has 2 rings (SSSR count). The monoisotopic (exact) mass is 378 g/mol. The topological polar surface area (TPSA) is 94.5 Å². The van der Waals surface area contributed by atoms with Crippen molar-refractivity contribution in [3.63, 3.8) is 0 Å². The van der Waals surface area contributed by atoms with E-state index in [4.69, 9.17) is 4.74 Å². The molecule has 0 atom stereocenters. The van der Waals surface area contributed by atoms with Crippen LogP contribution in [0.3, 0.4) is 0 Å². The molecule has 2 aromatic carbocycles. The minimum Gasteiger partial charge on any atom is -0.462 e. The van der Waals surface area contributed by atoms with E-state index in [0.29, 0.717) is 0 Å². The van der Waals surface area contributed by atoms with Crippen molar-refractivity contribution in [1.29, 1.82) is 5.26 Å². The first-order valence-electron chi connectivity index (χ1n) is 8.68. The van der Waals surface area contributed by atoms with Gasteiger partial charge in [-0.15, -0.1) is 0 Å². The molecule has 0 fully saturated rings. The van der Waals surface area contributed by atoms with Crippen LogP contribution in [0.2, 0.25) is 0 Å². The van der Waals surface area contributed by atoms with E-state index < -0.39 is 11.9 Å². The molecule has 2 aromatic rings. The fraction of sp³-hybridized carbons (Fsp3) is 0.190. The van der Waals surface area contributed by atoms with E-state index in [2.05, 4.69) is 10.6 Å². The molecule has 0 saturated carbocycles. The van der Waals surface area contributed by atoms with E-state index in [-0.39, 0.29) is 23.4 Å². The van der Waals surface area contributed by atoms with Crippen molar-refractivity contribution in [1.82, 2.24) is 0 Å². The lowest BCUT2D eigenvalue weighted by Crippen LogP contribution is -2.17. The zero-order chi connectivity index (χ0) is 20.5. The maximum Gasteiger partial charge on any atom is 0.340 e. The van der Waals surface area contributed by atoms with Gasteiger partial charge in [-0.05, 0) is 43.3 Å². The lowest BCUT2D eigenvalue weighted by atomic mass is 10.1. The van der Waals surface area contributed by atoms with E-state index in [1.54, 1.807) is 31.2 Å². The highest BCUT2D eigenvalue weighted by Gasteiger charge is 2.16. The van der Waals surface area contributed by atoms with Crippen LogP contribution in [0.4, 0.5) is 17.1 Å². The van der Waals surface area contributed by atoms with Crippen molar-refractivity contribution >= 4 is 28.9 Å². The summed E-state index contributed by atoms with van der Waals surface area (Å²) in [5, 5.41) is 14.8. The average Bonchev–Trinajstić information content (AvgIpc) is 2.69. The number of amides is 1. The van der Waals surface area contributed by atoms with Gasteiger partial charge in [0.25, 0.3) is 5.91 Å². The Morgan fingerprint density at radius 2 is 1.82 bits per heavy atom. The maximum atomic E-state index is 12.4. The molecule has 0 aliphatic heterocycles. The van der Waals surface area contributed by atoms with E-state index in [1.807, 2.05) is 49.3 Å². The number of esters is 1. The Hall–Kier alpha value is -3.79. The number of hydrogen-bond acceptors (Lipinski definition) is 6. The second-order valence-electron chi connectivity index (χ2n) is 5.98. The summed E-state index contributed by atoms with van der Waals surface area (Å²) >= 11 is 0. The fourth-order valence-electron chi connectivity index (χ4n) is 2.33. The highest BCUT2D eigenvalue weighted by atomic mass is 16.5. The lowest BCUT2D eigenvalue weighted by Gasteiger charge is -2.12. The van der Waals surface area contributed by atoms with E-state index in [1.165, 1.54) is 6.20 Å². The molecule has 0 unspecified atom stereocenters. The standard InChI is InChI=1S/C21H22N4O3/c1-4-28-21(27)18-7-5-6-8-19(18)24-20(26)15(13-22)14-23-16-9-11-17(12-10-16)25(2)3/h5-12,14,23H,4H2,1-3H3,(H,24,26)/b15-14-. The minimum absolute atomic E-state index is 0.129. The molecule has 0 aliphatic carbocycles. The van der Waals surface area contributed by atoms with Gasteiger partial charge >= 0.3 is 5.97 Å². The van der Waals surface area contributed by atoms with Crippen LogP contribution in [-0.2, 0) is 9.53 Å². The number of benzene rings is 2. The number of ether oxygens (including phenoxy) is 1. The number of nitrogens with zero attached hydrogens (tertiary/aromatic N) is 2. The Bertz CT molecular complexity index is 912. The summed E-state index contributed by atoms with van der Waals surface area (Å²) in [6.45, 7) is 1.92. The van der Waals surface area contributed by atoms with Gasteiger partial charge in [-0.3, -0.25) is 4.79 Å². The van der Waals surface area contributed by atoms with Crippen LogP contribution in [-0.4, -0.2) is 32.6 Å². The molecule has 0 saturated heterocycles. The largest absolute Gasteiger partial charge is 0.462 e. The quantitative estimate of drug-likeness (QED) is 0.436. The number of carbonyl (C=O) groups is 2. The first kappa shape index (κ1) is 20.5. The summed E-state index contributed by atoms with van der Waals surface area (Å²) in [5.74, 6) is -1.17. The predicted octanol–water partition coefficient (Wildman–Crippen LogP) is 3.39. The molecule has 28 heavy (non-hydrogen) atoms. The summed E-state index contributed by atoms with van der Waals surface area (Å²) in [4.78, 5) is 26.4. The number of rotatable bonds is 7. The summed E-state index contributed by atoms with van der Waals surface area (Å²) in [6, 6.07) is 15.8. The molecule has 144 valence electrons. The summed E-state index contributed by atoms with van der Waals surface area (Å²) in [6.07, 6.45) is 1.33. The summed E-state index contributed by atoms with van der Waals surface area (Å²) in [7, 11) is 3.88. The van der Waals surface area contributed by atoms with Gasteiger partial charge in [-0.25, -0.2) is 4.79 Å². The van der Waals surface area contributed by atoms with Crippen LogP contribution < -0.4 is 15.5 Å². The second kappa shape index (κ2) is 9.78. The third-order valence-corrected chi connectivity index (χ3v) is 3.80. The number of para-hydroxylation sites is 1. The molecule has 7 heteroatoms. The van der Waals surface area contributed by atoms with Crippen molar-refractivity contribution in [2.75, 3.05) is 36.2 Å². The molecule has 0 radical (unpaired) electrons. The molecule has 0 heterocycles. The molecule has 7 nitrogen and oxygen atoms in total. The van der Waals surface area contributed by atoms with Crippen molar-refractivity contribution < 1.29 is 14.3 Å². The van der Waals surface area contributed by atoms with Crippen LogP contribution in [0.1, 0.15) is 17.3 Å². The zero-order valence-electron chi connectivity index (χ0n) is 16.0. The highest BCUT2D eigenvalue weighted by Crippen LogP contribution is 2.18. The molecule has 0 spiro atoms. The van der Waals surface area contributed by atoms with Gasteiger partial charge in [0.15, 0.2) is 0 Å². The number of nitrogens with one attached hydrogen (secondary N) is 2. The number of anilines is 3. The van der Waals surface area contributed by atoms with E-state index in [0.717, 1.165) is 11.4 Å². The normalized spacial score (nSPS) is 10.6. The Balaban J connectivity index is 2.13. The van der Waals surface area contributed by atoms with Gasteiger partial charge in [-0.2, -0.15) is 5.26 Å². The molecule has 0 aromatic heterocycles. The van der Waals surface area contributed by atoms with Crippen LogP contribution in [0.5, 0.6) is 0 Å². The van der Waals surface area contributed by atoms with Gasteiger partial charge < -0.3 is 20.3 Å². The third-order valence-electron chi connectivity index (χ3n) is 3.80. The molecular weight excluding hydrogens is 356 g/mol. The molecule has 2 N–H and O–H groups in total. The lowest BCUT2D eigenvalue weighted by molar-refractivity contribution is -0.112. The van der Waals surface area contributed by atoms with Crippen molar-refractivity contribution in [3.8, 4) is 6.07 Å². The minimum atomic E-state index is -0.628. The van der Waals surface area contributed by atoms with Gasteiger partial charge in [0, 0.05) is 31.7 Å². The zero-order valence-corrected chi connectivity index (χ0v) is 16.0. The highest BCUT2D eigenvalue weighted by molar-refractivity contribution is 6.09. The van der Waals surface area contributed by atoms with Crippen LogP contribution in [0.15, 0.2) is 60.3 Å². The molecule has 0 bridgehead atoms. The smallest absolute Gasteiger partial charge is 0.340 e. The van der Waals surface area contributed by atoms with Crippen LogP contribution in [0, 0.1) is 11.3 Å². The van der Waals surface area contributed by atoms with Gasteiger partial charge in [-0.1, -0.05) is 12.1 Å². The van der Waals surface area contributed by atoms with Gasteiger partial charge in [0.1, 0.15) is 11.6 Å². The van der Waals surface area contributed by atoms with Crippen molar-refractivity contribution in [2.45, 2.75) is 6.92 Å². The average molecular weight is 378 g/mol. The number of carbonyl (C=O) groups excluding carboxylic acids is 2. The first-order chi connectivity index (χ1) is 13.5. The SMILES string of the molecule is CCOC(=O)c1ccccc1NC(=O)/C(C#N)=C\Nc1ccc(N(C)C)cc1. The Kier molecular flexibility index (Phi) is 7.17. The maximum absolute atomic E-state index is 12.4. The third kappa shape index (κ3) is 5.35. The van der Waals surface area contributed by atoms with Crippen molar-refractivity contribution in [3.05, 3.63) is 65.9 Å². The Labute approximate surface area is 164 Å². The number of nitriles is 1.